The Hall–Kier alpha value is -7.44. The van der Waals surface area contributed by atoms with Crippen LogP contribution in [-0.4, -0.2) is 29.3 Å². The molecule has 5 heterocycles. The fourth-order valence-electron chi connectivity index (χ4n) is 8.80. The third kappa shape index (κ3) is 5.33. The maximum Gasteiger partial charge on any atom is 0.137 e. The molecule has 0 unspecified atom stereocenters. The highest BCUT2D eigenvalue weighted by atomic mass is 15.1. The molecule has 0 fully saturated rings. The van der Waals surface area contributed by atoms with Crippen LogP contribution in [0.2, 0.25) is 0 Å². The second-order valence-electron chi connectivity index (χ2n) is 14.7. The number of rotatable bonds is 7. The number of para-hydroxylation sites is 4. The quantitative estimate of drug-likeness (QED) is 0.150. The lowest BCUT2D eigenvalue weighted by molar-refractivity contribution is 0.773. The largest absolute Gasteiger partial charge is 0.333 e. The van der Waals surface area contributed by atoms with E-state index < -0.39 is 0 Å². The first-order valence-corrected chi connectivity index (χ1v) is 19.5. The van der Waals surface area contributed by atoms with Gasteiger partial charge in [-0.05, 0) is 115 Å². The summed E-state index contributed by atoms with van der Waals surface area (Å²) in [5, 5.41) is 4.95. The van der Waals surface area contributed by atoms with Crippen molar-refractivity contribution in [1.82, 2.24) is 23.1 Å². The van der Waals surface area contributed by atoms with Crippen LogP contribution in [0.5, 0.6) is 0 Å². The third-order valence-corrected chi connectivity index (χ3v) is 11.4. The molecule has 0 aliphatic heterocycles. The van der Waals surface area contributed by atoms with E-state index in [4.69, 9.17) is 4.99 Å². The molecular formula is C51H38N6. The fraction of sp³-hybridized carbons (Fsp3) is 0.0588. The van der Waals surface area contributed by atoms with Crippen LogP contribution < -0.4 is 0 Å². The van der Waals surface area contributed by atoms with Crippen LogP contribution in [0, 0.1) is 0 Å². The third-order valence-electron chi connectivity index (χ3n) is 11.4. The summed E-state index contributed by atoms with van der Waals surface area (Å²) in [6.07, 6.45) is 10.2. The summed E-state index contributed by atoms with van der Waals surface area (Å²) in [5.74, 6) is 0.947. The van der Waals surface area contributed by atoms with Gasteiger partial charge in [0.05, 0.1) is 22.1 Å². The van der Waals surface area contributed by atoms with Gasteiger partial charge >= 0.3 is 0 Å². The maximum absolute atomic E-state index is 4.71. The summed E-state index contributed by atoms with van der Waals surface area (Å²) in [4.78, 5) is 9.37. The first-order valence-electron chi connectivity index (χ1n) is 19.5. The lowest BCUT2D eigenvalue weighted by Crippen LogP contribution is -2.00. The zero-order valence-electron chi connectivity index (χ0n) is 31.7. The number of hydrogen-bond donors (Lipinski definition) is 0. The molecule has 0 aliphatic carbocycles. The Morgan fingerprint density at radius 3 is 1.47 bits per heavy atom. The number of aliphatic imine (C=N–C) groups is 1. The number of aromatic nitrogens is 5. The van der Waals surface area contributed by atoms with Gasteiger partial charge in [0.1, 0.15) is 11.5 Å². The molecule has 0 N–H and O–H groups in total. The van der Waals surface area contributed by atoms with Crippen molar-refractivity contribution in [1.29, 1.82) is 0 Å². The van der Waals surface area contributed by atoms with Crippen LogP contribution in [0.15, 0.2) is 181 Å². The highest BCUT2D eigenvalue weighted by Gasteiger charge is 2.19. The number of benzene rings is 6. The van der Waals surface area contributed by atoms with Gasteiger partial charge in [-0.15, -0.1) is 0 Å². The molecule has 6 heteroatoms. The monoisotopic (exact) mass is 734 g/mol. The molecule has 57 heavy (non-hydrogen) atoms. The van der Waals surface area contributed by atoms with Crippen molar-refractivity contribution in [2.75, 3.05) is 0 Å². The molecule has 0 saturated heterocycles. The second-order valence-corrected chi connectivity index (χ2v) is 14.7. The summed E-state index contributed by atoms with van der Waals surface area (Å²) in [7, 11) is 0. The predicted molar refractivity (Wildman–Crippen MR) is 238 cm³/mol. The van der Waals surface area contributed by atoms with Gasteiger partial charge in [-0.3, -0.25) is 0 Å². The average molecular weight is 735 g/mol. The van der Waals surface area contributed by atoms with Gasteiger partial charge in [0.25, 0.3) is 0 Å². The molecule has 11 rings (SSSR count). The fourth-order valence-corrected chi connectivity index (χ4v) is 8.80. The standard InChI is InChI=1S/C51H38N6/c1-3-52-50-29-38(32-54(50)4-2)35-24-34(25-36(26-35)39-30-51-53-22-13-23-55(51)33-39)37-27-40(56-46-18-9-5-14-42(46)43-15-6-10-19-47(43)56)31-41(28-37)57-48-20-11-7-16-44(48)45-17-8-12-21-49(45)57/h3,5-33H,4H2,1-2H3/b52-3-. The molecule has 11 aromatic rings. The van der Waals surface area contributed by atoms with Crippen LogP contribution in [0.1, 0.15) is 13.8 Å². The molecule has 0 bridgehead atoms. The molecule has 6 aromatic carbocycles. The molecule has 0 aliphatic rings. The van der Waals surface area contributed by atoms with Gasteiger partial charge in [0.2, 0.25) is 0 Å². The number of fused-ring (bicyclic) bond motifs is 7. The minimum absolute atomic E-state index is 0.832. The number of hydrogen-bond acceptors (Lipinski definition) is 2. The molecule has 0 atom stereocenters. The Balaban J connectivity index is 1.23. The van der Waals surface area contributed by atoms with E-state index in [0.717, 1.165) is 62.8 Å². The molecular weight excluding hydrogens is 697 g/mol. The van der Waals surface area contributed by atoms with Crippen molar-refractivity contribution in [2.45, 2.75) is 20.4 Å². The molecule has 0 spiro atoms. The van der Waals surface area contributed by atoms with E-state index in [2.05, 4.69) is 194 Å². The van der Waals surface area contributed by atoms with E-state index in [1.807, 2.05) is 25.4 Å². The average Bonchev–Trinajstić information content (AvgIpc) is 4.04. The molecule has 272 valence electrons. The van der Waals surface area contributed by atoms with Crippen LogP contribution in [0.3, 0.4) is 0 Å². The Morgan fingerprint density at radius 2 is 0.982 bits per heavy atom. The highest BCUT2D eigenvalue weighted by Crippen LogP contribution is 2.40. The lowest BCUT2D eigenvalue weighted by Gasteiger charge is -2.17. The zero-order valence-corrected chi connectivity index (χ0v) is 31.7. The second kappa shape index (κ2) is 13.1. The van der Waals surface area contributed by atoms with Gasteiger partial charge in [0, 0.05) is 81.6 Å². The van der Waals surface area contributed by atoms with Gasteiger partial charge in [0.15, 0.2) is 0 Å². The Morgan fingerprint density at radius 1 is 0.509 bits per heavy atom. The lowest BCUT2D eigenvalue weighted by atomic mass is 9.94. The minimum atomic E-state index is 0.832. The van der Waals surface area contributed by atoms with Crippen LogP contribution in [0.4, 0.5) is 5.82 Å². The highest BCUT2D eigenvalue weighted by molar-refractivity contribution is 6.10. The van der Waals surface area contributed by atoms with Gasteiger partial charge in [-0.2, -0.15) is 0 Å². The summed E-state index contributed by atoms with van der Waals surface area (Å²) < 4.78 is 9.16. The number of nitrogens with zero attached hydrogens (tertiary/aromatic N) is 6. The topological polar surface area (TPSA) is 44.4 Å². The Kier molecular flexibility index (Phi) is 7.57. The van der Waals surface area contributed by atoms with Crippen molar-refractivity contribution < 1.29 is 0 Å². The minimum Gasteiger partial charge on any atom is -0.333 e. The van der Waals surface area contributed by atoms with Crippen LogP contribution in [-0.2, 0) is 6.54 Å². The zero-order chi connectivity index (χ0) is 38.0. The Bertz CT molecular complexity index is 3090. The van der Waals surface area contributed by atoms with E-state index >= 15 is 0 Å². The van der Waals surface area contributed by atoms with Crippen molar-refractivity contribution in [3.05, 3.63) is 176 Å². The summed E-state index contributed by atoms with van der Waals surface area (Å²) in [5.41, 5.74) is 14.6. The number of aryl methyl sites for hydroxylation is 1. The van der Waals surface area contributed by atoms with E-state index in [0.29, 0.717) is 0 Å². The summed E-state index contributed by atoms with van der Waals surface area (Å²) in [6.45, 7) is 4.96. The molecule has 6 nitrogen and oxygen atoms in total. The van der Waals surface area contributed by atoms with Crippen LogP contribution in [0.25, 0.3) is 94.0 Å². The SMILES string of the molecule is C/C=N\c1cc(-c2cc(-c3cc(-n4c5ccccc5c5ccccc54)cc(-n4c5ccccc5c5ccccc54)c3)cc(-c3cc4ncccn4c3)c2)cn1CC. The molecule has 5 aromatic heterocycles. The van der Waals surface area contributed by atoms with E-state index in [-0.39, 0.29) is 0 Å². The smallest absolute Gasteiger partial charge is 0.137 e. The predicted octanol–water partition coefficient (Wildman–Crippen LogP) is 13.1. The first kappa shape index (κ1) is 32.9. The van der Waals surface area contributed by atoms with Crippen molar-refractivity contribution in [3.8, 4) is 44.8 Å². The van der Waals surface area contributed by atoms with Crippen molar-refractivity contribution >= 4 is 61.3 Å². The molecule has 0 saturated carbocycles. The van der Waals surface area contributed by atoms with Gasteiger partial charge in [-0.1, -0.05) is 72.8 Å². The van der Waals surface area contributed by atoms with Crippen molar-refractivity contribution in [3.63, 3.8) is 0 Å². The molecule has 0 amide bonds. The van der Waals surface area contributed by atoms with E-state index in [9.17, 15) is 0 Å². The maximum atomic E-state index is 4.71. The molecule has 0 radical (unpaired) electrons. The van der Waals surface area contributed by atoms with Gasteiger partial charge in [-0.25, -0.2) is 9.98 Å². The Labute approximate surface area is 329 Å². The van der Waals surface area contributed by atoms with Crippen LogP contribution >= 0.6 is 0 Å². The van der Waals surface area contributed by atoms with Gasteiger partial charge < -0.3 is 18.1 Å². The van der Waals surface area contributed by atoms with E-state index in [1.54, 1.807) is 0 Å². The normalized spacial score (nSPS) is 12.0. The summed E-state index contributed by atoms with van der Waals surface area (Å²) in [6, 6.07) is 55.4. The summed E-state index contributed by atoms with van der Waals surface area (Å²) >= 11 is 0. The first-order chi connectivity index (χ1) is 28.1. The van der Waals surface area contributed by atoms with E-state index in [1.165, 1.54) is 43.6 Å². The van der Waals surface area contributed by atoms with Crippen molar-refractivity contribution in [2.24, 2.45) is 4.99 Å².